The maximum Gasteiger partial charge on any atom is 0.305 e. The third kappa shape index (κ3) is 2.99. The van der Waals surface area contributed by atoms with E-state index in [9.17, 15) is 4.79 Å². The molecule has 0 amide bonds. The summed E-state index contributed by atoms with van der Waals surface area (Å²) in [6, 6.07) is 0. The lowest BCUT2D eigenvalue weighted by Gasteiger charge is -2.20. The molecule has 0 aromatic rings. The lowest BCUT2D eigenvalue weighted by atomic mass is 9.88. The zero-order chi connectivity index (χ0) is 9.68. The fraction of sp³-hybridized carbons (Fsp3) is 0.900. The van der Waals surface area contributed by atoms with Gasteiger partial charge in [0.15, 0.2) is 0 Å². The first-order valence-electron chi connectivity index (χ1n) is 5.04. The Morgan fingerprint density at radius 3 is 2.62 bits per heavy atom. The van der Waals surface area contributed by atoms with Gasteiger partial charge in [-0.3, -0.25) is 4.79 Å². The van der Waals surface area contributed by atoms with Crippen LogP contribution in [0.1, 0.15) is 32.1 Å². The SMILES string of the molecule is COC(=O)CC(CN)C1CCCC1. The molecular weight excluding hydrogens is 166 g/mol. The van der Waals surface area contributed by atoms with Gasteiger partial charge in [-0.2, -0.15) is 0 Å². The minimum Gasteiger partial charge on any atom is -0.469 e. The smallest absolute Gasteiger partial charge is 0.305 e. The highest BCUT2D eigenvalue weighted by molar-refractivity contribution is 5.69. The fourth-order valence-electron chi connectivity index (χ4n) is 2.17. The second kappa shape index (κ2) is 5.22. The summed E-state index contributed by atoms with van der Waals surface area (Å²) in [6.07, 6.45) is 5.56. The van der Waals surface area contributed by atoms with E-state index in [4.69, 9.17) is 5.73 Å². The highest BCUT2D eigenvalue weighted by Gasteiger charge is 2.25. The summed E-state index contributed by atoms with van der Waals surface area (Å²) < 4.78 is 4.65. The van der Waals surface area contributed by atoms with E-state index in [1.807, 2.05) is 0 Å². The summed E-state index contributed by atoms with van der Waals surface area (Å²) in [5.74, 6) is 0.876. The molecule has 0 aromatic carbocycles. The van der Waals surface area contributed by atoms with Crippen LogP contribution in [0.3, 0.4) is 0 Å². The molecule has 1 aliphatic carbocycles. The number of hydrogen-bond acceptors (Lipinski definition) is 3. The van der Waals surface area contributed by atoms with Crippen LogP contribution in [0.2, 0.25) is 0 Å². The molecule has 3 nitrogen and oxygen atoms in total. The molecule has 1 aliphatic rings. The van der Waals surface area contributed by atoms with Crippen LogP contribution < -0.4 is 5.73 Å². The Kier molecular flexibility index (Phi) is 4.22. The number of rotatable bonds is 4. The Labute approximate surface area is 79.6 Å². The van der Waals surface area contributed by atoms with Crippen molar-refractivity contribution in [2.75, 3.05) is 13.7 Å². The van der Waals surface area contributed by atoms with Crippen LogP contribution in [0.4, 0.5) is 0 Å². The van der Waals surface area contributed by atoms with Gasteiger partial charge >= 0.3 is 5.97 Å². The number of ether oxygens (including phenoxy) is 1. The number of methoxy groups -OCH3 is 1. The summed E-state index contributed by atoms with van der Waals surface area (Å²) in [7, 11) is 1.44. The molecule has 0 bridgehead atoms. The van der Waals surface area contributed by atoms with E-state index in [0.29, 0.717) is 24.8 Å². The molecule has 76 valence electrons. The van der Waals surface area contributed by atoms with Crippen molar-refractivity contribution in [2.45, 2.75) is 32.1 Å². The van der Waals surface area contributed by atoms with Crippen molar-refractivity contribution in [1.29, 1.82) is 0 Å². The molecule has 0 spiro atoms. The van der Waals surface area contributed by atoms with Gasteiger partial charge in [0.1, 0.15) is 0 Å². The van der Waals surface area contributed by atoms with Gasteiger partial charge in [-0.15, -0.1) is 0 Å². The largest absolute Gasteiger partial charge is 0.469 e. The van der Waals surface area contributed by atoms with Gasteiger partial charge in [0.2, 0.25) is 0 Å². The normalized spacial score (nSPS) is 20.2. The van der Waals surface area contributed by atoms with Crippen LogP contribution >= 0.6 is 0 Å². The van der Waals surface area contributed by atoms with Gasteiger partial charge in [-0.05, 0) is 18.4 Å². The molecule has 0 radical (unpaired) electrons. The standard InChI is InChI=1S/C10H19NO2/c1-13-10(12)6-9(7-11)8-4-2-3-5-8/h8-9H,2-7,11H2,1H3. The van der Waals surface area contributed by atoms with Gasteiger partial charge in [0, 0.05) is 6.42 Å². The van der Waals surface area contributed by atoms with Crippen molar-refractivity contribution in [3.05, 3.63) is 0 Å². The van der Waals surface area contributed by atoms with E-state index in [0.717, 1.165) is 0 Å². The van der Waals surface area contributed by atoms with Gasteiger partial charge in [-0.25, -0.2) is 0 Å². The highest BCUT2D eigenvalue weighted by Crippen LogP contribution is 2.32. The van der Waals surface area contributed by atoms with Crippen LogP contribution in [0.25, 0.3) is 0 Å². The molecular formula is C10H19NO2. The molecule has 0 aromatic heterocycles. The topological polar surface area (TPSA) is 52.3 Å². The molecule has 0 saturated heterocycles. The van der Waals surface area contributed by atoms with E-state index in [1.165, 1.54) is 32.8 Å². The first-order valence-corrected chi connectivity index (χ1v) is 5.04. The maximum absolute atomic E-state index is 11.1. The molecule has 1 atom stereocenters. The fourth-order valence-corrected chi connectivity index (χ4v) is 2.17. The Hall–Kier alpha value is -0.570. The second-order valence-corrected chi connectivity index (χ2v) is 3.82. The van der Waals surface area contributed by atoms with Gasteiger partial charge in [0.05, 0.1) is 7.11 Å². The van der Waals surface area contributed by atoms with E-state index in [2.05, 4.69) is 4.74 Å². The molecule has 13 heavy (non-hydrogen) atoms. The van der Waals surface area contributed by atoms with E-state index in [1.54, 1.807) is 0 Å². The summed E-state index contributed by atoms with van der Waals surface area (Å²) in [5, 5.41) is 0. The molecule has 1 unspecified atom stereocenters. The van der Waals surface area contributed by atoms with Crippen molar-refractivity contribution < 1.29 is 9.53 Å². The molecule has 1 rings (SSSR count). The van der Waals surface area contributed by atoms with Crippen LogP contribution in [0, 0.1) is 11.8 Å². The first kappa shape index (κ1) is 10.5. The predicted molar refractivity (Wildman–Crippen MR) is 51.1 cm³/mol. The average molecular weight is 185 g/mol. The lowest BCUT2D eigenvalue weighted by molar-refractivity contribution is -0.142. The number of esters is 1. The van der Waals surface area contributed by atoms with Gasteiger partial charge in [0.25, 0.3) is 0 Å². The Balaban J connectivity index is 2.37. The quantitative estimate of drug-likeness (QED) is 0.672. The van der Waals surface area contributed by atoms with E-state index < -0.39 is 0 Å². The Morgan fingerprint density at radius 1 is 1.54 bits per heavy atom. The maximum atomic E-state index is 11.1. The summed E-state index contributed by atoms with van der Waals surface area (Å²) in [6.45, 7) is 0.611. The third-order valence-electron chi connectivity index (χ3n) is 3.03. The van der Waals surface area contributed by atoms with Crippen molar-refractivity contribution >= 4 is 5.97 Å². The first-order chi connectivity index (χ1) is 6.27. The third-order valence-corrected chi connectivity index (χ3v) is 3.03. The number of carbonyl (C=O) groups is 1. The van der Waals surface area contributed by atoms with E-state index in [-0.39, 0.29) is 5.97 Å². The molecule has 1 fully saturated rings. The zero-order valence-electron chi connectivity index (χ0n) is 8.29. The monoisotopic (exact) mass is 185 g/mol. The molecule has 0 heterocycles. The van der Waals surface area contributed by atoms with Crippen molar-refractivity contribution in [3.8, 4) is 0 Å². The predicted octanol–water partition coefficient (Wildman–Crippen LogP) is 1.31. The minimum atomic E-state index is -0.123. The highest BCUT2D eigenvalue weighted by atomic mass is 16.5. The minimum absolute atomic E-state index is 0.123. The summed E-state index contributed by atoms with van der Waals surface area (Å²) in [5.41, 5.74) is 5.65. The van der Waals surface area contributed by atoms with Crippen LogP contribution in [-0.4, -0.2) is 19.6 Å². The van der Waals surface area contributed by atoms with Crippen LogP contribution in [-0.2, 0) is 9.53 Å². The number of hydrogen-bond donors (Lipinski definition) is 1. The molecule has 0 aliphatic heterocycles. The van der Waals surface area contributed by atoms with Gasteiger partial charge in [-0.1, -0.05) is 25.7 Å². The molecule has 3 heteroatoms. The van der Waals surface area contributed by atoms with Crippen LogP contribution in [0.5, 0.6) is 0 Å². The van der Waals surface area contributed by atoms with E-state index >= 15 is 0 Å². The average Bonchev–Trinajstić information content (AvgIpc) is 2.66. The Bertz CT molecular complexity index is 164. The number of carbonyl (C=O) groups excluding carboxylic acids is 1. The Morgan fingerprint density at radius 2 is 2.15 bits per heavy atom. The summed E-state index contributed by atoms with van der Waals surface area (Å²) >= 11 is 0. The summed E-state index contributed by atoms with van der Waals surface area (Å²) in [4.78, 5) is 11.1. The lowest BCUT2D eigenvalue weighted by Crippen LogP contribution is -2.25. The van der Waals surface area contributed by atoms with Crippen molar-refractivity contribution in [1.82, 2.24) is 0 Å². The van der Waals surface area contributed by atoms with Gasteiger partial charge < -0.3 is 10.5 Å². The second-order valence-electron chi connectivity index (χ2n) is 3.82. The van der Waals surface area contributed by atoms with Crippen molar-refractivity contribution in [2.24, 2.45) is 17.6 Å². The van der Waals surface area contributed by atoms with Crippen LogP contribution in [0.15, 0.2) is 0 Å². The molecule has 2 N–H and O–H groups in total. The van der Waals surface area contributed by atoms with Crippen molar-refractivity contribution in [3.63, 3.8) is 0 Å². The molecule has 1 saturated carbocycles. The number of nitrogens with two attached hydrogens (primary N) is 1. The zero-order valence-corrected chi connectivity index (χ0v) is 8.29.